The molecule has 0 aromatic heterocycles. The van der Waals surface area contributed by atoms with Crippen LogP contribution in [0.4, 0.5) is 0 Å². The fourth-order valence-corrected chi connectivity index (χ4v) is 3.05. The molecule has 1 N–H and O–H groups in total. The minimum atomic E-state index is -2.71. The molecule has 1 saturated carbocycles. The molecule has 6 nitrogen and oxygen atoms in total. The van der Waals surface area contributed by atoms with E-state index in [2.05, 4.69) is 11.4 Å². The van der Waals surface area contributed by atoms with Crippen LogP contribution in [0, 0.1) is 5.92 Å². The van der Waals surface area contributed by atoms with Gasteiger partial charge in [0.1, 0.15) is 5.75 Å². The standard InChI is InChI=1S/C17H23O6P/c1-11(9-16(18)21-3)14-5-4-6-15(12(2)13-7-8-13)17(14)22-10-23-24(19)20/h4-6,11-13H,7-10H2,1-3H3/p+1. The first-order valence-electron chi connectivity index (χ1n) is 8.05. The van der Waals surface area contributed by atoms with Gasteiger partial charge in [-0.2, -0.15) is 0 Å². The lowest BCUT2D eigenvalue weighted by Crippen LogP contribution is -2.11. The van der Waals surface area contributed by atoms with Crippen molar-refractivity contribution in [2.75, 3.05) is 13.9 Å². The van der Waals surface area contributed by atoms with E-state index in [0.717, 1.165) is 11.1 Å². The van der Waals surface area contributed by atoms with Crippen molar-refractivity contribution in [1.82, 2.24) is 0 Å². The highest BCUT2D eigenvalue weighted by Gasteiger charge is 2.32. The van der Waals surface area contributed by atoms with E-state index in [0.29, 0.717) is 17.6 Å². The van der Waals surface area contributed by atoms with Crippen molar-refractivity contribution in [3.63, 3.8) is 0 Å². The predicted octanol–water partition coefficient (Wildman–Crippen LogP) is 3.87. The van der Waals surface area contributed by atoms with Gasteiger partial charge in [0.25, 0.3) is 0 Å². The monoisotopic (exact) mass is 355 g/mol. The largest absolute Gasteiger partial charge is 0.698 e. The average molecular weight is 355 g/mol. The molecular weight excluding hydrogens is 331 g/mol. The topological polar surface area (TPSA) is 82.1 Å². The second-order valence-corrected chi connectivity index (χ2v) is 6.94. The normalized spacial score (nSPS) is 17.1. The van der Waals surface area contributed by atoms with Gasteiger partial charge in [-0.3, -0.25) is 4.79 Å². The lowest BCUT2D eigenvalue weighted by atomic mass is 9.89. The first kappa shape index (κ1) is 18.8. The third-order valence-corrected chi connectivity index (χ3v) is 4.82. The summed E-state index contributed by atoms with van der Waals surface area (Å²) in [5.41, 5.74) is 1.92. The number of methoxy groups -OCH3 is 1. The molecule has 3 unspecified atom stereocenters. The summed E-state index contributed by atoms with van der Waals surface area (Å²) in [6.45, 7) is 3.78. The first-order valence-corrected chi connectivity index (χ1v) is 9.18. The number of carbonyl (C=O) groups is 1. The predicted molar refractivity (Wildman–Crippen MR) is 89.0 cm³/mol. The van der Waals surface area contributed by atoms with Gasteiger partial charge in [-0.15, -0.1) is 4.89 Å². The smallest absolute Gasteiger partial charge is 0.469 e. The van der Waals surface area contributed by atoms with E-state index in [1.807, 2.05) is 25.1 Å². The van der Waals surface area contributed by atoms with Crippen LogP contribution in [0.5, 0.6) is 5.75 Å². The van der Waals surface area contributed by atoms with Gasteiger partial charge in [0.2, 0.25) is 6.79 Å². The Morgan fingerprint density at radius 1 is 1.33 bits per heavy atom. The fourth-order valence-electron chi connectivity index (χ4n) is 2.91. The molecule has 1 aromatic rings. The van der Waals surface area contributed by atoms with Crippen LogP contribution in [0.2, 0.25) is 0 Å². The molecule has 0 amide bonds. The molecule has 1 aromatic carbocycles. The van der Waals surface area contributed by atoms with Crippen molar-refractivity contribution in [1.29, 1.82) is 0 Å². The van der Waals surface area contributed by atoms with Crippen molar-refractivity contribution >= 4 is 14.2 Å². The highest BCUT2D eigenvalue weighted by molar-refractivity contribution is 7.32. The van der Waals surface area contributed by atoms with Crippen LogP contribution >= 0.6 is 8.25 Å². The molecule has 24 heavy (non-hydrogen) atoms. The second kappa shape index (κ2) is 8.56. The Kier molecular flexibility index (Phi) is 6.72. The van der Waals surface area contributed by atoms with Crippen LogP contribution in [-0.2, 0) is 18.6 Å². The van der Waals surface area contributed by atoms with E-state index in [4.69, 9.17) is 14.4 Å². The first-order chi connectivity index (χ1) is 11.4. The van der Waals surface area contributed by atoms with E-state index in [9.17, 15) is 9.36 Å². The summed E-state index contributed by atoms with van der Waals surface area (Å²) in [5, 5.41) is 0. The molecule has 0 heterocycles. The maximum Gasteiger partial charge on any atom is 0.698 e. The SMILES string of the molecule is COC(=O)CC(C)c1cccc(C(C)C2CC2)c1OCO[P+](=O)O. The van der Waals surface area contributed by atoms with E-state index in [1.54, 1.807) is 0 Å². The number of para-hydroxylation sites is 1. The molecule has 1 fully saturated rings. The molecule has 1 aliphatic carbocycles. The summed E-state index contributed by atoms with van der Waals surface area (Å²) in [6.07, 6.45) is 2.63. The lowest BCUT2D eigenvalue weighted by molar-refractivity contribution is -0.140. The molecular formula is C17H24O6P+. The van der Waals surface area contributed by atoms with Gasteiger partial charge < -0.3 is 9.47 Å². The van der Waals surface area contributed by atoms with Crippen molar-refractivity contribution in [2.24, 2.45) is 5.92 Å². The third-order valence-electron chi connectivity index (χ3n) is 4.49. The van der Waals surface area contributed by atoms with Crippen LogP contribution in [-0.4, -0.2) is 24.8 Å². The number of carbonyl (C=O) groups excluding carboxylic acids is 1. The Balaban J connectivity index is 2.27. The zero-order valence-corrected chi connectivity index (χ0v) is 15.1. The van der Waals surface area contributed by atoms with Crippen LogP contribution in [0.1, 0.15) is 56.1 Å². The zero-order chi connectivity index (χ0) is 17.7. The molecule has 3 atom stereocenters. The Hall–Kier alpha value is -1.49. The molecule has 2 rings (SSSR count). The van der Waals surface area contributed by atoms with Gasteiger partial charge in [0.15, 0.2) is 0 Å². The van der Waals surface area contributed by atoms with Gasteiger partial charge in [-0.1, -0.05) is 36.6 Å². The number of esters is 1. The number of benzene rings is 1. The van der Waals surface area contributed by atoms with Gasteiger partial charge in [-0.05, 0) is 41.7 Å². The quantitative estimate of drug-likeness (QED) is 0.411. The molecule has 0 spiro atoms. The van der Waals surface area contributed by atoms with E-state index < -0.39 is 8.25 Å². The minimum Gasteiger partial charge on any atom is -0.469 e. The third kappa shape index (κ3) is 5.00. The Bertz CT molecular complexity index is 599. The van der Waals surface area contributed by atoms with Crippen LogP contribution in [0.15, 0.2) is 18.2 Å². The van der Waals surface area contributed by atoms with E-state index >= 15 is 0 Å². The highest BCUT2D eigenvalue weighted by Crippen LogP contribution is 2.46. The van der Waals surface area contributed by atoms with Crippen molar-refractivity contribution < 1.29 is 28.3 Å². The maximum absolute atomic E-state index is 11.6. The Morgan fingerprint density at radius 2 is 2.00 bits per heavy atom. The molecule has 0 saturated heterocycles. The Labute approximate surface area is 143 Å². The molecule has 0 bridgehead atoms. The minimum absolute atomic E-state index is 0.0957. The highest BCUT2D eigenvalue weighted by atomic mass is 31.1. The van der Waals surface area contributed by atoms with E-state index in [-0.39, 0.29) is 25.1 Å². The van der Waals surface area contributed by atoms with Crippen molar-refractivity contribution in [3.8, 4) is 5.75 Å². The van der Waals surface area contributed by atoms with Gasteiger partial charge in [0, 0.05) is 4.57 Å². The maximum atomic E-state index is 11.6. The molecule has 0 aliphatic heterocycles. The number of ether oxygens (including phenoxy) is 2. The van der Waals surface area contributed by atoms with Crippen LogP contribution < -0.4 is 4.74 Å². The molecule has 1 aliphatic rings. The summed E-state index contributed by atoms with van der Waals surface area (Å²) < 4.78 is 25.8. The summed E-state index contributed by atoms with van der Waals surface area (Å²) in [7, 11) is -1.35. The average Bonchev–Trinajstić information content (AvgIpc) is 3.38. The summed E-state index contributed by atoms with van der Waals surface area (Å²) in [6, 6.07) is 5.87. The zero-order valence-electron chi connectivity index (χ0n) is 14.2. The van der Waals surface area contributed by atoms with Gasteiger partial charge >= 0.3 is 14.2 Å². The number of rotatable bonds is 9. The van der Waals surface area contributed by atoms with Crippen LogP contribution in [0.25, 0.3) is 0 Å². The number of hydrogen-bond donors (Lipinski definition) is 1. The van der Waals surface area contributed by atoms with Gasteiger partial charge in [-0.25, -0.2) is 0 Å². The van der Waals surface area contributed by atoms with Gasteiger partial charge in [0.05, 0.1) is 13.5 Å². The van der Waals surface area contributed by atoms with E-state index in [1.165, 1.54) is 20.0 Å². The Morgan fingerprint density at radius 3 is 2.58 bits per heavy atom. The molecule has 0 radical (unpaired) electrons. The van der Waals surface area contributed by atoms with Crippen molar-refractivity contribution in [2.45, 2.75) is 44.9 Å². The summed E-state index contributed by atoms with van der Waals surface area (Å²) >= 11 is 0. The molecule has 7 heteroatoms. The second-order valence-electron chi connectivity index (χ2n) is 6.20. The number of hydrogen-bond acceptors (Lipinski definition) is 5. The fraction of sp³-hybridized carbons (Fsp3) is 0.588. The summed E-state index contributed by atoms with van der Waals surface area (Å²) in [4.78, 5) is 20.4. The lowest BCUT2D eigenvalue weighted by Gasteiger charge is -2.21. The van der Waals surface area contributed by atoms with Crippen LogP contribution in [0.3, 0.4) is 0 Å². The molecule has 132 valence electrons. The summed E-state index contributed by atoms with van der Waals surface area (Å²) in [5.74, 6) is 1.22. The van der Waals surface area contributed by atoms with Crippen molar-refractivity contribution in [3.05, 3.63) is 29.3 Å².